The van der Waals surface area contributed by atoms with Crippen LogP contribution in [-0.4, -0.2) is 30.0 Å². The van der Waals surface area contributed by atoms with E-state index in [-0.39, 0.29) is 5.91 Å². The molecule has 0 atom stereocenters. The van der Waals surface area contributed by atoms with Crippen LogP contribution in [-0.2, 0) is 4.74 Å². The van der Waals surface area contributed by atoms with Crippen LogP contribution in [0, 0.1) is 13.8 Å². The molecule has 0 radical (unpaired) electrons. The largest absolute Gasteiger partial charge is 0.462 e. The van der Waals surface area contributed by atoms with Gasteiger partial charge in [0.2, 0.25) is 0 Å². The highest BCUT2D eigenvalue weighted by Gasteiger charge is 2.26. The second-order valence-electron chi connectivity index (χ2n) is 6.39. The molecule has 2 aromatic carbocycles. The molecule has 5 heteroatoms. The molecule has 1 heterocycles. The summed E-state index contributed by atoms with van der Waals surface area (Å²) in [5, 5.41) is 2.09. The Kier molecular flexibility index (Phi) is 5.31. The highest BCUT2D eigenvalue weighted by molar-refractivity contribution is 6.12. The number of anilines is 1. The van der Waals surface area contributed by atoms with Gasteiger partial charge in [0.25, 0.3) is 5.91 Å². The van der Waals surface area contributed by atoms with Gasteiger partial charge in [0.15, 0.2) is 0 Å². The Labute approximate surface area is 158 Å². The molecule has 1 amide bonds. The maximum absolute atomic E-state index is 13.3. The summed E-state index contributed by atoms with van der Waals surface area (Å²) in [5.74, 6) is -0.569. The first-order valence-corrected chi connectivity index (χ1v) is 9.15. The van der Waals surface area contributed by atoms with Crippen LogP contribution in [0.25, 0.3) is 10.8 Å². The molecular formula is C22H24N2O3. The van der Waals surface area contributed by atoms with Gasteiger partial charge < -0.3 is 14.6 Å². The van der Waals surface area contributed by atoms with Crippen LogP contribution < -0.4 is 4.90 Å². The van der Waals surface area contributed by atoms with Gasteiger partial charge in [-0.15, -0.1) is 0 Å². The molecule has 0 aliphatic heterocycles. The van der Waals surface area contributed by atoms with Gasteiger partial charge in [0.1, 0.15) is 5.69 Å². The third-order valence-electron chi connectivity index (χ3n) is 4.75. The standard InChI is InChI=1S/C22H24N2O3/c1-5-24(18-13-9-11-16-10-7-8-12-17(16)18)21(25)20-14(3)19(15(4)23-20)22(26)27-6-2/h7-13,23H,5-6H2,1-4H3. The minimum absolute atomic E-state index is 0.162. The molecule has 5 nitrogen and oxygen atoms in total. The van der Waals surface area contributed by atoms with Crippen LogP contribution in [0.5, 0.6) is 0 Å². The number of H-pyrrole nitrogens is 1. The minimum atomic E-state index is -0.406. The first-order valence-electron chi connectivity index (χ1n) is 9.15. The molecular weight excluding hydrogens is 340 g/mol. The number of rotatable bonds is 5. The summed E-state index contributed by atoms with van der Waals surface area (Å²) < 4.78 is 5.13. The number of benzene rings is 2. The van der Waals surface area contributed by atoms with Gasteiger partial charge in [-0.3, -0.25) is 4.79 Å². The van der Waals surface area contributed by atoms with E-state index in [1.165, 1.54) is 0 Å². The number of esters is 1. The number of aromatic amines is 1. The summed E-state index contributed by atoms with van der Waals surface area (Å²) in [6, 6.07) is 13.9. The average molecular weight is 364 g/mol. The van der Waals surface area contributed by atoms with E-state index in [9.17, 15) is 9.59 Å². The van der Waals surface area contributed by atoms with Crippen LogP contribution in [0.15, 0.2) is 42.5 Å². The first-order chi connectivity index (χ1) is 13.0. The van der Waals surface area contributed by atoms with E-state index in [1.54, 1.807) is 25.7 Å². The number of amides is 1. The van der Waals surface area contributed by atoms with Crippen molar-refractivity contribution >= 4 is 28.3 Å². The van der Waals surface area contributed by atoms with Crippen LogP contribution in [0.3, 0.4) is 0 Å². The molecule has 0 saturated carbocycles. The van der Waals surface area contributed by atoms with Gasteiger partial charge in [-0.05, 0) is 44.7 Å². The molecule has 0 bridgehead atoms. The average Bonchev–Trinajstić information content (AvgIpc) is 2.97. The van der Waals surface area contributed by atoms with Gasteiger partial charge in [0, 0.05) is 17.6 Å². The molecule has 0 spiro atoms. The lowest BCUT2D eigenvalue weighted by molar-refractivity contribution is 0.0525. The molecule has 3 aromatic rings. The molecule has 0 saturated heterocycles. The zero-order valence-corrected chi connectivity index (χ0v) is 16.1. The van der Waals surface area contributed by atoms with Crippen LogP contribution in [0.1, 0.15) is 46.0 Å². The monoisotopic (exact) mass is 364 g/mol. The third-order valence-corrected chi connectivity index (χ3v) is 4.75. The molecule has 0 aliphatic rings. The summed E-state index contributed by atoms with van der Waals surface area (Å²) in [7, 11) is 0. The number of ether oxygens (including phenoxy) is 1. The number of aromatic nitrogens is 1. The summed E-state index contributed by atoms with van der Waals surface area (Å²) >= 11 is 0. The normalized spacial score (nSPS) is 10.8. The fourth-order valence-electron chi connectivity index (χ4n) is 3.48. The highest BCUT2D eigenvalue weighted by atomic mass is 16.5. The smallest absolute Gasteiger partial charge is 0.340 e. The van der Waals surface area contributed by atoms with Gasteiger partial charge >= 0.3 is 5.97 Å². The van der Waals surface area contributed by atoms with E-state index < -0.39 is 5.97 Å². The fourth-order valence-corrected chi connectivity index (χ4v) is 3.48. The van der Waals surface area contributed by atoms with E-state index in [0.29, 0.717) is 35.7 Å². The molecule has 27 heavy (non-hydrogen) atoms. The SMILES string of the molecule is CCOC(=O)c1c(C)[nH]c(C(=O)N(CC)c2cccc3ccccc23)c1C. The van der Waals surface area contributed by atoms with Gasteiger partial charge in [-0.25, -0.2) is 4.79 Å². The van der Waals surface area contributed by atoms with E-state index in [4.69, 9.17) is 4.74 Å². The van der Waals surface area contributed by atoms with Gasteiger partial charge in [-0.1, -0.05) is 36.4 Å². The second-order valence-corrected chi connectivity index (χ2v) is 6.39. The van der Waals surface area contributed by atoms with Gasteiger partial charge in [-0.2, -0.15) is 0 Å². The number of nitrogens with zero attached hydrogens (tertiary/aromatic N) is 1. The lowest BCUT2D eigenvalue weighted by Gasteiger charge is -2.22. The van der Waals surface area contributed by atoms with Crippen LogP contribution >= 0.6 is 0 Å². The van der Waals surface area contributed by atoms with Gasteiger partial charge in [0.05, 0.1) is 17.9 Å². The van der Waals surface area contributed by atoms with Crippen molar-refractivity contribution in [2.75, 3.05) is 18.1 Å². The Morgan fingerprint density at radius 1 is 1.04 bits per heavy atom. The fraction of sp³-hybridized carbons (Fsp3) is 0.273. The first kappa shape index (κ1) is 18.7. The summed E-state index contributed by atoms with van der Waals surface area (Å²) in [6.07, 6.45) is 0. The van der Waals surface area contributed by atoms with Crippen molar-refractivity contribution in [2.24, 2.45) is 0 Å². The summed E-state index contributed by atoms with van der Waals surface area (Å²) in [4.78, 5) is 30.4. The van der Waals surface area contributed by atoms with Crippen molar-refractivity contribution in [3.05, 3.63) is 65.0 Å². The van der Waals surface area contributed by atoms with E-state index in [2.05, 4.69) is 4.98 Å². The Hall–Kier alpha value is -3.08. The van der Waals surface area contributed by atoms with E-state index in [1.807, 2.05) is 49.4 Å². The van der Waals surface area contributed by atoms with Crippen molar-refractivity contribution in [3.63, 3.8) is 0 Å². The summed E-state index contributed by atoms with van der Waals surface area (Å²) in [6.45, 7) is 8.07. The number of hydrogen-bond donors (Lipinski definition) is 1. The number of hydrogen-bond acceptors (Lipinski definition) is 3. The quantitative estimate of drug-likeness (QED) is 0.672. The van der Waals surface area contributed by atoms with Crippen molar-refractivity contribution in [2.45, 2.75) is 27.7 Å². The van der Waals surface area contributed by atoms with E-state index >= 15 is 0 Å². The Morgan fingerprint density at radius 3 is 2.44 bits per heavy atom. The lowest BCUT2D eigenvalue weighted by atomic mass is 10.1. The molecule has 3 rings (SSSR count). The number of aryl methyl sites for hydroxylation is 1. The number of nitrogens with one attached hydrogen (secondary N) is 1. The Bertz CT molecular complexity index is 999. The maximum atomic E-state index is 13.3. The van der Waals surface area contributed by atoms with Crippen LogP contribution in [0.4, 0.5) is 5.69 Å². The van der Waals surface area contributed by atoms with Crippen molar-refractivity contribution in [3.8, 4) is 0 Å². The van der Waals surface area contributed by atoms with Crippen LogP contribution in [0.2, 0.25) is 0 Å². The Balaban J connectivity index is 2.06. The van der Waals surface area contributed by atoms with Crippen molar-refractivity contribution in [1.82, 2.24) is 4.98 Å². The molecule has 1 aromatic heterocycles. The zero-order valence-electron chi connectivity index (χ0n) is 16.1. The topological polar surface area (TPSA) is 62.4 Å². The molecule has 0 unspecified atom stereocenters. The predicted octanol–water partition coefficient (Wildman–Crippen LogP) is 4.63. The molecule has 140 valence electrons. The minimum Gasteiger partial charge on any atom is -0.462 e. The Morgan fingerprint density at radius 2 is 1.74 bits per heavy atom. The zero-order chi connectivity index (χ0) is 19.6. The number of carbonyl (C=O) groups is 2. The van der Waals surface area contributed by atoms with Crippen molar-refractivity contribution in [1.29, 1.82) is 0 Å². The predicted molar refractivity (Wildman–Crippen MR) is 108 cm³/mol. The summed E-state index contributed by atoms with van der Waals surface area (Å²) in [5.41, 5.74) is 2.97. The maximum Gasteiger partial charge on any atom is 0.340 e. The third kappa shape index (κ3) is 3.33. The molecule has 0 aliphatic carbocycles. The molecule has 1 N–H and O–H groups in total. The lowest BCUT2D eigenvalue weighted by Crippen LogP contribution is -2.31. The number of carbonyl (C=O) groups excluding carboxylic acids is 2. The number of fused-ring (bicyclic) bond motifs is 1. The van der Waals surface area contributed by atoms with E-state index in [0.717, 1.165) is 16.5 Å². The van der Waals surface area contributed by atoms with Crippen molar-refractivity contribution < 1.29 is 14.3 Å². The molecule has 0 fully saturated rings. The second kappa shape index (κ2) is 7.66. The highest BCUT2D eigenvalue weighted by Crippen LogP contribution is 2.29.